The molecule has 164 valence electrons. The summed E-state index contributed by atoms with van der Waals surface area (Å²) in [5.74, 6) is 0.379. The van der Waals surface area contributed by atoms with Crippen molar-refractivity contribution in [1.82, 2.24) is 10.3 Å². The van der Waals surface area contributed by atoms with Crippen molar-refractivity contribution in [1.29, 1.82) is 0 Å². The molecule has 0 saturated carbocycles. The zero-order valence-electron chi connectivity index (χ0n) is 18.9. The van der Waals surface area contributed by atoms with E-state index in [-0.39, 0.29) is 18.7 Å². The van der Waals surface area contributed by atoms with Gasteiger partial charge in [0.2, 0.25) is 0 Å². The fourth-order valence-electron chi connectivity index (χ4n) is 4.20. The molecule has 0 bridgehead atoms. The van der Waals surface area contributed by atoms with Crippen molar-refractivity contribution in [2.45, 2.75) is 58.7 Å². The second-order valence-corrected chi connectivity index (χ2v) is 8.87. The third kappa shape index (κ3) is 4.78. The van der Waals surface area contributed by atoms with Crippen LogP contribution in [0.1, 0.15) is 47.0 Å². The first-order valence-electron chi connectivity index (χ1n) is 10.8. The van der Waals surface area contributed by atoms with Crippen LogP contribution in [0.15, 0.2) is 24.3 Å². The topological polar surface area (TPSA) is 83.7 Å². The molecule has 3 N–H and O–H groups in total. The Bertz CT molecular complexity index is 893. The highest BCUT2D eigenvalue weighted by molar-refractivity contribution is 6.04. The highest BCUT2D eigenvalue weighted by atomic mass is 16.6. The van der Waals surface area contributed by atoms with Crippen LogP contribution in [0.5, 0.6) is 0 Å². The first-order chi connectivity index (χ1) is 14.2. The number of hydrogen-bond donors (Lipinski definition) is 2. The van der Waals surface area contributed by atoms with Gasteiger partial charge in [0.15, 0.2) is 0 Å². The van der Waals surface area contributed by atoms with E-state index >= 15 is 0 Å². The molecule has 0 saturated heterocycles. The van der Waals surface area contributed by atoms with Gasteiger partial charge in [-0.25, -0.2) is 4.98 Å². The lowest BCUT2D eigenvalue weighted by Gasteiger charge is -2.30. The molecule has 1 aliphatic rings. The van der Waals surface area contributed by atoms with Gasteiger partial charge in [-0.1, -0.05) is 25.1 Å². The van der Waals surface area contributed by atoms with Crippen LogP contribution in [-0.4, -0.2) is 49.4 Å². The predicted molar refractivity (Wildman–Crippen MR) is 124 cm³/mol. The number of nitrogen functional groups attached to an aromatic ring is 1. The number of ether oxygens (including phenoxy) is 1. The number of fused-ring (bicyclic) bond motifs is 3. The van der Waals surface area contributed by atoms with Gasteiger partial charge in [0, 0.05) is 19.0 Å². The van der Waals surface area contributed by atoms with Crippen molar-refractivity contribution in [3.05, 3.63) is 24.3 Å². The minimum atomic E-state index is -0.442. The number of carbonyl (C=O) groups is 1. The van der Waals surface area contributed by atoms with Gasteiger partial charge in [-0.2, -0.15) is 0 Å². The molecule has 0 spiro atoms. The van der Waals surface area contributed by atoms with Gasteiger partial charge in [-0.05, 0) is 52.6 Å². The Hall–Kier alpha value is -2.54. The number of unbranched alkanes of at least 4 members (excludes halogenated alkanes) is 1. The molecule has 0 radical (unpaired) electrons. The summed E-state index contributed by atoms with van der Waals surface area (Å²) in [7, 11) is 2.10. The van der Waals surface area contributed by atoms with Gasteiger partial charge < -0.3 is 25.6 Å². The minimum absolute atomic E-state index is 0.210. The maximum Gasteiger partial charge on any atom is 0.320 e. The number of anilines is 3. The van der Waals surface area contributed by atoms with E-state index < -0.39 is 5.60 Å². The molecule has 3 rings (SSSR count). The van der Waals surface area contributed by atoms with Crippen molar-refractivity contribution < 1.29 is 9.53 Å². The molecule has 7 nitrogen and oxygen atoms in total. The lowest BCUT2D eigenvalue weighted by atomic mass is 10.1. The van der Waals surface area contributed by atoms with E-state index in [1.807, 2.05) is 32.9 Å². The van der Waals surface area contributed by atoms with Crippen molar-refractivity contribution in [2.24, 2.45) is 0 Å². The Morgan fingerprint density at radius 3 is 2.67 bits per heavy atom. The molecule has 0 fully saturated rings. The maximum atomic E-state index is 11.8. The molecule has 30 heavy (non-hydrogen) atoms. The molecule has 2 aromatic rings. The number of para-hydroxylation sites is 1. The van der Waals surface area contributed by atoms with Crippen LogP contribution < -0.4 is 20.9 Å². The average Bonchev–Trinajstić information content (AvgIpc) is 2.95. The van der Waals surface area contributed by atoms with Gasteiger partial charge in [0.1, 0.15) is 23.3 Å². The number of pyridine rings is 1. The summed E-state index contributed by atoms with van der Waals surface area (Å²) in [4.78, 5) is 21.1. The van der Waals surface area contributed by atoms with E-state index in [1.54, 1.807) is 0 Å². The van der Waals surface area contributed by atoms with Crippen LogP contribution in [0, 0.1) is 0 Å². The molecule has 0 amide bonds. The molecule has 1 unspecified atom stereocenters. The Morgan fingerprint density at radius 2 is 1.97 bits per heavy atom. The van der Waals surface area contributed by atoms with E-state index in [0.29, 0.717) is 5.82 Å². The number of nitrogens with zero attached hydrogens (tertiary/aromatic N) is 3. The number of aromatic nitrogens is 1. The highest BCUT2D eigenvalue weighted by Crippen LogP contribution is 2.47. The number of carbonyl (C=O) groups excluding carboxylic acids is 1. The highest BCUT2D eigenvalue weighted by Gasteiger charge is 2.35. The molecule has 0 aliphatic carbocycles. The van der Waals surface area contributed by atoms with E-state index in [0.717, 1.165) is 48.9 Å². The van der Waals surface area contributed by atoms with Gasteiger partial charge >= 0.3 is 5.97 Å². The first-order valence-corrected chi connectivity index (χ1v) is 10.8. The molecular weight excluding hydrogens is 378 g/mol. The molecule has 2 heterocycles. The summed E-state index contributed by atoms with van der Waals surface area (Å²) in [6.45, 7) is 9.80. The number of nitrogens with one attached hydrogen (secondary N) is 1. The fraction of sp³-hybridized carbons (Fsp3) is 0.565. The Morgan fingerprint density at radius 1 is 1.23 bits per heavy atom. The summed E-state index contributed by atoms with van der Waals surface area (Å²) in [6, 6.07) is 8.20. The quantitative estimate of drug-likeness (QED) is 0.506. The summed E-state index contributed by atoms with van der Waals surface area (Å²) in [5.41, 5.74) is 9.05. The smallest absolute Gasteiger partial charge is 0.320 e. The first kappa shape index (κ1) is 22.2. The van der Waals surface area contributed by atoms with Crippen LogP contribution >= 0.6 is 0 Å². The number of rotatable bonds is 8. The predicted octanol–water partition coefficient (Wildman–Crippen LogP) is 3.52. The van der Waals surface area contributed by atoms with Gasteiger partial charge in [-0.3, -0.25) is 4.79 Å². The summed E-state index contributed by atoms with van der Waals surface area (Å²) in [5, 5.41) is 4.34. The van der Waals surface area contributed by atoms with Crippen molar-refractivity contribution in [2.75, 3.05) is 42.2 Å². The number of benzene rings is 1. The molecule has 7 heteroatoms. The summed E-state index contributed by atoms with van der Waals surface area (Å²) < 4.78 is 5.32. The number of nitrogens with two attached hydrogens (primary N) is 1. The van der Waals surface area contributed by atoms with E-state index in [2.05, 4.69) is 46.2 Å². The summed E-state index contributed by atoms with van der Waals surface area (Å²) >= 11 is 0. The maximum absolute atomic E-state index is 11.8. The minimum Gasteiger partial charge on any atom is -0.459 e. The zero-order chi connectivity index (χ0) is 21.9. The molecular formula is C23H35N5O2. The lowest BCUT2D eigenvalue weighted by molar-refractivity contribution is -0.153. The monoisotopic (exact) mass is 413 g/mol. The van der Waals surface area contributed by atoms with Crippen molar-refractivity contribution >= 4 is 34.1 Å². The zero-order valence-corrected chi connectivity index (χ0v) is 18.9. The Balaban J connectivity index is 1.62. The normalized spacial score (nSPS) is 16.2. The third-order valence-corrected chi connectivity index (χ3v) is 5.37. The van der Waals surface area contributed by atoms with Crippen molar-refractivity contribution in [3.63, 3.8) is 0 Å². The Labute approximate surface area is 179 Å². The number of esters is 1. The number of hydrogen-bond acceptors (Lipinski definition) is 7. The molecule has 1 aromatic heterocycles. The van der Waals surface area contributed by atoms with Gasteiger partial charge in [-0.15, -0.1) is 0 Å². The van der Waals surface area contributed by atoms with Crippen LogP contribution in [0.4, 0.5) is 17.2 Å². The van der Waals surface area contributed by atoms with E-state index in [4.69, 9.17) is 10.5 Å². The standard InChI is InChI=1S/C23H35N5O2/c1-6-18-27(5)21-20(16-11-7-8-12-17(16)26-22(21)24)28(18)14-10-9-13-25-15-19(29)30-23(2,3)4/h7-8,11-12,18,25H,6,9-10,13-15H2,1-5H3,(H2,24,26). The molecule has 1 aliphatic heterocycles. The van der Waals surface area contributed by atoms with Gasteiger partial charge in [0.25, 0.3) is 0 Å². The van der Waals surface area contributed by atoms with E-state index in [9.17, 15) is 4.79 Å². The SMILES string of the molecule is CCC1N(C)c2c(N)nc3ccccc3c2N1CCCCNCC(=O)OC(C)(C)C. The second-order valence-electron chi connectivity index (χ2n) is 8.87. The van der Waals surface area contributed by atoms with Crippen molar-refractivity contribution in [3.8, 4) is 0 Å². The molecule has 1 atom stereocenters. The van der Waals surface area contributed by atoms with E-state index in [1.165, 1.54) is 5.69 Å². The second kappa shape index (κ2) is 9.08. The average molecular weight is 414 g/mol. The van der Waals surface area contributed by atoms with Crippen LogP contribution in [0.2, 0.25) is 0 Å². The third-order valence-electron chi connectivity index (χ3n) is 5.37. The van der Waals surface area contributed by atoms with Crippen LogP contribution in [0.3, 0.4) is 0 Å². The largest absolute Gasteiger partial charge is 0.459 e. The van der Waals surface area contributed by atoms with Gasteiger partial charge in [0.05, 0.1) is 17.7 Å². The van der Waals surface area contributed by atoms with Crippen LogP contribution in [0.25, 0.3) is 10.9 Å². The lowest BCUT2D eigenvalue weighted by Crippen LogP contribution is -2.41. The summed E-state index contributed by atoms with van der Waals surface area (Å²) in [6.07, 6.45) is 3.26. The Kier molecular flexibility index (Phi) is 6.71. The van der Waals surface area contributed by atoms with Crippen LogP contribution in [-0.2, 0) is 9.53 Å². The molecule has 1 aromatic carbocycles. The fourth-order valence-corrected chi connectivity index (χ4v) is 4.20.